The SMILES string of the molecule is CC(N)c1cc(I)c[nH]c1=O. The van der Waals surface area contributed by atoms with Gasteiger partial charge >= 0.3 is 0 Å². The van der Waals surface area contributed by atoms with Gasteiger partial charge in [0.15, 0.2) is 0 Å². The maximum atomic E-state index is 11.1. The van der Waals surface area contributed by atoms with Crippen LogP contribution in [0.4, 0.5) is 0 Å². The van der Waals surface area contributed by atoms with Crippen LogP contribution >= 0.6 is 22.6 Å². The highest BCUT2D eigenvalue weighted by Crippen LogP contribution is 2.07. The number of halogens is 1. The van der Waals surface area contributed by atoms with Gasteiger partial charge in [0.25, 0.3) is 5.56 Å². The first-order valence-electron chi connectivity index (χ1n) is 3.25. The first-order chi connectivity index (χ1) is 5.11. The Morgan fingerprint density at radius 1 is 1.73 bits per heavy atom. The summed E-state index contributed by atoms with van der Waals surface area (Å²) in [4.78, 5) is 13.7. The molecule has 1 atom stereocenters. The van der Waals surface area contributed by atoms with Gasteiger partial charge in [0.1, 0.15) is 0 Å². The third kappa shape index (κ3) is 2.03. The van der Waals surface area contributed by atoms with E-state index in [0.717, 1.165) is 3.57 Å². The van der Waals surface area contributed by atoms with Gasteiger partial charge in [0.05, 0.1) is 0 Å². The zero-order valence-corrected chi connectivity index (χ0v) is 8.25. The number of aromatic amines is 1. The fourth-order valence-electron chi connectivity index (χ4n) is 0.812. The molecule has 0 saturated carbocycles. The van der Waals surface area contributed by atoms with Crippen LogP contribution in [0.25, 0.3) is 0 Å². The van der Waals surface area contributed by atoms with Crippen molar-refractivity contribution in [2.75, 3.05) is 0 Å². The molecule has 0 aliphatic rings. The Labute approximate surface area is 78.1 Å². The molecule has 0 spiro atoms. The molecule has 1 rings (SSSR count). The van der Waals surface area contributed by atoms with Crippen molar-refractivity contribution in [3.63, 3.8) is 0 Å². The predicted octanol–water partition coefficient (Wildman–Crippen LogP) is 0.999. The lowest BCUT2D eigenvalue weighted by Gasteiger charge is -2.02. The third-order valence-electron chi connectivity index (χ3n) is 1.39. The maximum Gasteiger partial charge on any atom is 0.252 e. The summed E-state index contributed by atoms with van der Waals surface area (Å²) in [6.45, 7) is 1.79. The Hall–Kier alpha value is -0.360. The second-order valence-electron chi connectivity index (χ2n) is 2.39. The molecule has 4 heteroatoms. The minimum atomic E-state index is -0.200. The number of rotatable bonds is 1. The van der Waals surface area contributed by atoms with Crippen molar-refractivity contribution in [3.8, 4) is 0 Å². The van der Waals surface area contributed by atoms with E-state index in [9.17, 15) is 4.79 Å². The molecule has 1 unspecified atom stereocenters. The molecular formula is C7H9IN2O. The average Bonchev–Trinajstić information content (AvgIpc) is 1.94. The highest BCUT2D eigenvalue weighted by Gasteiger charge is 2.04. The first-order valence-corrected chi connectivity index (χ1v) is 4.33. The standard InChI is InChI=1S/C7H9IN2O/c1-4(9)6-2-5(8)3-10-7(6)11/h2-4H,9H2,1H3,(H,10,11). The van der Waals surface area contributed by atoms with Crippen LogP contribution in [0.15, 0.2) is 17.1 Å². The van der Waals surface area contributed by atoms with Gasteiger partial charge in [-0.15, -0.1) is 0 Å². The van der Waals surface area contributed by atoms with Crippen LogP contribution in [-0.2, 0) is 0 Å². The van der Waals surface area contributed by atoms with Crippen LogP contribution in [0.1, 0.15) is 18.5 Å². The number of pyridine rings is 1. The van der Waals surface area contributed by atoms with E-state index < -0.39 is 0 Å². The highest BCUT2D eigenvalue weighted by atomic mass is 127. The fraction of sp³-hybridized carbons (Fsp3) is 0.286. The zero-order chi connectivity index (χ0) is 8.43. The molecule has 3 nitrogen and oxygen atoms in total. The molecule has 0 radical (unpaired) electrons. The van der Waals surface area contributed by atoms with Gasteiger partial charge in [-0.2, -0.15) is 0 Å². The van der Waals surface area contributed by atoms with Gasteiger partial charge in [-0.3, -0.25) is 4.79 Å². The Morgan fingerprint density at radius 2 is 2.36 bits per heavy atom. The van der Waals surface area contributed by atoms with E-state index in [1.807, 2.05) is 0 Å². The molecule has 0 aliphatic heterocycles. The van der Waals surface area contributed by atoms with Gasteiger partial charge in [-0.25, -0.2) is 0 Å². The predicted molar refractivity (Wildman–Crippen MR) is 52.4 cm³/mol. The van der Waals surface area contributed by atoms with Crippen molar-refractivity contribution in [1.29, 1.82) is 0 Å². The Morgan fingerprint density at radius 3 is 2.82 bits per heavy atom. The van der Waals surface area contributed by atoms with Crippen LogP contribution in [0, 0.1) is 3.57 Å². The molecule has 1 heterocycles. The summed E-state index contributed by atoms with van der Waals surface area (Å²) in [5.41, 5.74) is 6.10. The quantitative estimate of drug-likeness (QED) is 0.743. The molecule has 0 amide bonds. The molecule has 11 heavy (non-hydrogen) atoms. The first kappa shape index (κ1) is 8.73. The Balaban J connectivity index is 3.24. The van der Waals surface area contributed by atoms with E-state index in [4.69, 9.17) is 5.73 Å². The molecule has 3 N–H and O–H groups in total. The number of nitrogens with one attached hydrogen (secondary N) is 1. The number of aromatic nitrogens is 1. The summed E-state index contributed by atoms with van der Waals surface area (Å²) in [6, 6.07) is 1.60. The van der Waals surface area contributed by atoms with Gasteiger partial charge in [-0.05, 0) is 35.6 Å². The second kappa shape index (κ2) is 3.36. The van der Waals surface area contributed by atoms with Gasteiger partial charge < -0.3 is 10.7 Å². The zero-order valence-electron chi connectivity index (χ0n) is 6.10. The van der Waals surface area contributed by atoms with Crippen LogP contribution < -0.4 is 11.3 Å². The fourth-order valence-corrected chi connectivity index (χ4v) is 1.30. The molecule has 0 aliphatic carbocycles. The Bertz CT molecular complexity index is 306. The lowest BCUT2D eigenvalue weighted by atomic mass is 10.1. The van der Waals surface area contributed by atoms with Gasteiger partial charge in [-0.1, -0.05) is 0 Å². The van der Waals surface area contributed by atoms with Crippen molar-refractivity contribution in [1.82, 2.24) is 4.98 Å². The number of nitrogens with two attached hydrogens (primary N) is 1. The van der Waals surface area contributed by atoms with Crippen molar-refractivity contribution >= 4 is 22.6 Å². The summed E-state index contributed by atoms with van der Waals surface area (Å²) >= 11 is 2.13. The molecule has 1 aromatic rings. The lowest BCUT2D eigenvalue weighted by Crippen LogP contribution is -2.19. The van der Waals surface area contributed by atoms with Crippen molar-refractivity contribution in [2.45, 2.75) is 13.0 Å². The van der Waals surface area contributed by atoms with Crippen LogP contribution in [0.2, 0.25) is 0 Å². The smallest absolute Gasteiger partial charge is 0.252 e. The largest absolute Gasteiger partial charge is 0.328 e. The van der Waals surface area contributed by atoms with E-state index >= 15 is 0 Å². The minimum Gasteiger partial charge on any atom is -0.328 e. The molecular weight excluding hydrogens is 255 g/mol. The van der Waals surface area contributed by atoms with Crippen molar-refractivity contribution < 1.29 is 0 Å². The molecule has 1 aromatic heterocycles. The highest BCUT2D eigenvalue weighted by molar-refractivity contribution is 14.1. The second-order valence-corrected chi connectivity index (χ2v) is 3.64. The van der Waals surface area contributed by atoms with Crippen molar-refractivity contribution in [2.24, 2.45) is 5.73 Å². The van der Waals surface area contributed by atoms with Crippen LogP contribution in [0.5, 0.6) is 0 Å². The Kier molecular flexibility index (Phi) is 2.67. The summed E-state index contributed by atoms with van der Waals surface area (Å²) < 4.78 is 0.995. The summed E-state index contributed by atoms with van der Waals surface area (Å²) in [7, 11) is 0. The molecule has 0 aromatic carbocycles. The minimum absolute atomic E-state index is 0.0968. The third-order valence-corrected chi connectivity index (χ3v) is 2.01. The van der Waals surface area contributed by atoms with E-state index in [1.54, 1.807) is 19.2 Å². The van der Waals surface area contributed by atoms with E-state index in [2.05, 4.69) is 27.6 Å². The summed E-state index contributed by atoms with van der Waals surface area (Å²) in [5.74, 6) is 0. The van der Waals surface area contributed by atoms with E-state index in [-0.39, 0.29) is 11.6 Å². The molecule has 0 saturated heterocycles. The lowest BCUT2D eigenvalue weighted by molar-refractivity contribution is 0.798. The van der Waals surface area contributed by atoms with Gasteiger partial charge in [0.2, 0.25) is 0 Å². The molecule has 0 fully saturated rings. The van der Waals surface area contributed by atoms with Crippen LogP contribution in [-0.4, -0.2) is 4.98 Å². The van der Waals surface area contributed by atoms with Crippen LogP contribution in [0.3, 0.4) is 0 Å². The molecule has 0 bridgehead atoms. The number of hydrogen-bond acceptors (Lipinski definition) is 2. The topological polar surface area (TPSA) is 58.9 Å². The molecule has 60 valence electrons. The number of H-pyrrole nitrogens is 1. The maximum absolute atomic E-state index is 11.1. The summed E-state index contributed by atoms with van der Waals surface area (Å²) in [6.07, 6.45) is 1.66. The average molecular weight is 264 g/mol. The van der Waals surface area contributed by atoms with Gasteiger partial charge in [0, 0.05) is 21.4 Å². The normalized spacial score (nSPS) is 13.0. The van der Waals surface area contributed by atoms with E-state index in [1.165, 1.54) is 0 Å². The number of hydrogen-bond donors (Lipinski definition) is 2. The monoisotopic (exact) mass is 264 g/mol. The van der Waals surface area contributed by atoms with Crippen molar-refractivity contribution in [3.05, 3.63) is 31.8 Å². The summed E-state index contributed by atoms with van der Waals surface area (Å²) in [5, 5.41) is 0. The van der Waals surface area contributed by atoms with E-state index in [0.29, 0.717) is 5.56 Å².